The van der Waals surface area contributed by atoms with Crippen molar-refractivity contribution in [2.45, 2.75) is 6.92 Å². The van der Waals surface area contributed by atoms with Crippen molar-refractivity contribution in [2.75, 3.05) is 20.3 Å². The predicted molar refractivity (Wildman–Crippen MR) is 59.9 cm³/mol. The molecule has 0 aromatic carbocycles. The highest BCUT2D eigenvalue weighted by Gasteiger charge is 2.01. The lowest BCUT2D eigenvalue weighted by molar-refractivity contribution is -0.141. The summed E-state index contributed by atoms with van der Waals surface area (Å²) in [7, 11) is 1.53. The van der Waals surface area contributed by atoms with E-state index in [0.717, 1.165) is 5.56 Å². The fourth-order valence-electron chi connectivity index (χ4n) is 1.10. The summed E-state index contributed by atoms with van der Waals surface area (Å²) in [5.74, 6) is 0.136. The quantitative estimate of drug-likeness (QED) is 0.552. The average Bonchev–Trinajstić information content (AvgIpc) is 2.30. The van der Waals surface area contributed by atoms with Crippen molar-refractivity contribution in [2.24, 2.45) is 4.99 Å². The normalized spacial score (nSPS) is 10.4. The lowest BCUT2D eigenvalue weighted by Gasteiger charge is -2.01. The van der Waals surface area contributed by atoms with Crippen molar-refractivity contribution in [3.63, 3.8) is 0 Å². The molecule has 0 radical (unpaired) electrons. The first-order valence-corrected chi connectivity index (χ1v) is 4.92. The number of hydrogen-bond acceptors (Lipinski definition) is 5. The number of esters is 1. The van der Waals surface area contributed by atoms with Gasteiger partial charge in [-0.15, -0.1) is 0 Å². The lowest BCUT2D eigenvalue weighted by atomic mass is 10.3. The van der Waals surface area contributed by atoms with Crippen LogP contribution in [0.15, 0.2) is 23.3 Å². The number of ether oxygens (including phenoxy) is 2. The second-order valence-corrected chi connectivity index (χ2v) is 2.88. The van der Waals surface area contributed by atoms with Crippen molar-refractivity contribution < 1.29 is 14.3 Å². The van der Waals surface area contributed by atoms with Gasteiger partial charge >= 0.3 is 5.97 Å². The van der Waals surface area contributed by atoms with Gasteiger partial charge in [-0.25, -0.2) is 4.98 Å². The zero-order valence-corrected chi connectivity index (χ0v) is 9.34. The van der Waals surface area contributed by atoms with Crippen LogP contribution in [0.4, 0.5) is 0 Å². The largest absolute Gasteiger partial charge is 0.481 e. The van der Waals surface area contributed by atoms with E-state index in [-0.39, 0.29) is 12.5 Å². The number of carbonyl (C=O) groups excluding carboxylic acids is 1. The van der Waals surface area contributed by atoms with Gasteiger partial charge in [-0.1, -0.05) is 0 Å². The summed E-state index contributed by atoms with van der Waals surface area (Å²) in [6.07, 6.45) is 3.17. The third kappa shape index (κ3) is 3.68. The van der Waals surface area contributed by atoms with Crippen LogP contribution in [0.1, 0.15) is 12.5 Å². The SMILES string of the molecule is CCOC(=O)CN=Cc1cccnc1OC. The molecule has 1 aromatic rings. The van der Waals surface area contributed by atoms with E-state index in [1.54, 1.807) is 31.5 Å². The molecule has 0 aliphatic rings. The molecule has 0 saturated heterocycles. The van der Waals surface area contributed by atoms with E-state index >= 15 is 0 Å². The Morgan fingerprint density at radius 3 is 3.12 bits per heavy atom. The first-order valence-electron chi connectivity index (χ1n) is 4.92. The maximum absolute atomic E-state index is 11.0. The molecule has 1 rings (SSSR count). The van der Waals surface area contributed by atoms with Gasteiger partial charge in [-0.2, -0.15) is 0 Å². The lowest BCUT2D eigenvalue weighted by Crippen LogP contribution is -2.07. The van der Waals surface area contributed by atoms with Gasteiger partial charge in [-0.05, 0) is 19.1 Å². The van der Waals surface area contributed by atoms with E-state index < -0.39 is 0 Å². The molecule has 5 heteroatoms. The van der Waals surface area contributed by atoms with Crippen molar-refractivity contribution >= 4 is 12.2 Å². The number of aromatic nitrogens is 1. The Morgan fingerprint density at radius 2 is 2.44 bits per heavy atom. The number of hydrogen-bond donors (Lipinski definition) is 0. The molecule has 0 aliphatic carbocycles. The summed E-state index contributed by atoms with van der Waals surface area (Å²) in [6.45, 7) is 2.13. The number of nitrogens with zero attached hydrogens (tertiary/aromatic N) is 2. The van der Waals surface area contributed by atoms with Crippen molar-refractivity contribution in [3.05, 3.63) is 23.9 Å². The van der Waals surface area contributed by atoms with Crippen LogP contribution in [0.5, 0.6) is 5.88 Å². The highest BCUT2D eigenvalue weighted by Crippen LogP contribution is 2.10. The van der Waals surface area contributed by atoms with Crippen LogP contribution in [0.25, 0.3) is 0 Å². The van der Waals surface area contributed by atoms with Gasteiger partial charge in [0.25, 0.3) is 0 Å². The van der Waals surface area contributed by atoms with E-state index in [0.29, 0.717) is 12.5 Å². The number of aliphatic imine (C=N–C) groups is 1. The van der Waals surface area contributed by atoms with E-state index in [1.807, 2.05) is 0 Å². The van der Waals surface area contributed by atoms with E-state index in [9.17, 15) is 4.79 Å². The number of methoxy groups -OCH3 is 1. The fourth-order valence-corrected chi connectivity index (χ4v) is 1.10. The van der Waals surface area contributed by atoms with Crippen LogP contribution in [0, 0.1) is 0 Å². The van der Waals surface area contributed by atoms with Crippen LogP contribution >= 0.6 is 0 Å². The summed E-state index contributed by atoms with van der Waals surface area (Å²) < 4.78 is 9.77. The molecule has 1 aromatic heterocycles. The van der Waals surface area contributed by atoms with E-state index in [2.05, 4.69) is 9.98 Å². The number of pyridine rings is 1. The number of carbonyl (C=O) groups is 1. The maximum Gasteiger partial charge on any atom is 0.327 e. The van der Waals surface area contributed by atoms with Gasteiger partial charge in [-0.3, -0.25) is 9.79 Å². The summed E-state index contributed by atoms with van der Waals surface area (Å²) in [4.78, 5) is 19.0. The van der Waals surface area contributed by atoms with Crippen molar-refractivity contribution in [1.29, 1.82) is 0 Å². The predicted octanol–water partition coefficient (Wildman–Crippen LogP) is 1.07. The molecule has 1 heterocycles. The second-order valence-electron chi connectivity index (χ2n) is 2.88. The molecule has 0 fully saturated rings. The second kappa shape index (κ2) is 6.55. The minimum atomic E-state index is -0.346. The summed E-state index contributed by atoms with van der Waals surface area (Å²) >= 11 is 0. The molecule has 0 unspecified atom stereocenters. The smallest absolute Gasteiger partial charge is 0.327 e. The van der Waals surface area contributed by atoms with Gasteiger partial charge in [0.05, 0.1) is 19.3 Å². The molecular formula is C11H14N2O3. The molecule has 5 nitrogen and oxygen atoms in total. The minimum Gasteiger partial charge on any atom is -0.481 e. The third-order valence-corrected chi connectivity index (χ3v) is 1.75. The van der Waals surface area contributed by atoms with Gasteiger partial charge in [0.15, 0.2) is 0 Å². The van der Waals surface area contributed by atoms with Crippen LogP contribution in [0.2, 0.25) is 0 Å². The molecule has 0 N–H and O–H groups in total. The van der Waals surface area contributed by atoms with Crippen LogP contribution in [-0.4, -0.2) is 37.4 Å². The molecule has 86 valence electrons. The molecule has 0 amide bonds. The Kier molecular flexibility index (Phi) is 4.98. The van der Waals surface area contributed by atoms with Crippen LogP contribution < -0.4 is 4.74 Å². The van der Waals surface area contributed by atoms with Crippen LogP contribution in [-0.2, 0) is 9.53 Å². The monoisotopic (exact) mass is 222 g/mol. The van der Waals surface area contributed by atoms with Gasteiger partial charge < -0.3 is 9.47 Å². The van der Waals surface area contributed by atoms with Crippen molar-refractivity contribution in [3.8, 4) is 5.88 Å². The fraction of sp³-hybridized carbons (Fsp3) is 0.364. The Balaban J connectivity index is 2.58. The first-order chi connectivity index (χ1) is 7.77. The Labute approximate surface area is 94.1 Å². The maximum atomic E-state index is 11.0. The highest BCUT2D eigenvalue weighted by molar-refractivity contribution is 5.84. The molecule has 0 spiro atoms. The summed E-state index contributed by atoms with van der Waals surface area (Å²) in [5, 5.41) is 0. The molecule has 0 saturated carbocycles. The molecule has 0 aliphatic heterocycles. The Bertz CT molecular complexity index is 377. The first kappa shape index (κ1) is 12.2. The summed E-state index contributed by atoms with van der Waals surface area (Å²) in [5.41, 5.74) is 0.731. The zero-order valence-electron chi connectivity index (χ0n) is 9.34. The minimum absolute atomic E-state index is 0.00584. The van der Waals surface area contributed by atoms with Gasteiger partial charge in [0, 0.05) is 12.4 Å². The van der Waals surface area contributed by atoms with Crippen molar-refractivity contribution in [1.82, 2.24) is 4.98 Å². The third-order valence-electron chi connectivity index (χ3n) is 1.75. The van der Waals surface area contributed by atoms with Gasteiger partial charge in [0.1, 0.15) is 6.54 Å². The van der Waals surface area contributed by atoms with E-state index in [4.69, 9.17) is 9.47 Å². The molecule has 0 bridgehead atoms. The van der Waals surface area contributed by atoms with Gasteiger partial charge in [0.2, 0.25) is 5.88 Å². The standard InChI is InChI=1S/C11H14N2O3/c1-3-16-10(14)8-12-7-9-5-4-6-13-11(9)15-2/h4-7H,3,8H2,1-2H3. The summed E-state index contributed by atoms with van der Waals surface area (Å²) in [6, 6.07) is 3.58. The van der Waals surface area contributed by atoms with E-state index in [1.165, 1.54) is 7.11 Å². The van der Waals surface area contributed by atoms with Crippen LogP contribution in [0.3, 0.4) is 0 Å². The Morgan fingerprint density at radius 1 is 1.62 bits per heavy atom. The topological polar surface area (TPSA) is 60.8 Å². The molecule has 16 heavy (non-hydrogen) atoms. The Hall–Kier alpha value is -1.91. The molecule has 0 atom stereocenters. The average molecular weight is 222 g/mol. The number of rotatable bonds is 5. The zero-order chi connectivity index (χ0) is 11.8. The molecular weight excluding hydrogens is 208 g/mol. The highest BCUT2D eigenvalue weighted by atomic mass is 16.5.